The summed E-state index contributed by atoms with van der Waals surface area (Å²) >= 11 is 0. The van der Waals surface area contributed by atoms with Gasteiger partial charge in [0.1, 0.15) is 6.61 Å². The quantitative estimate of drug-likeness (QED) is 0.512. The van der Waals surface area contributed by atoms with Gasteiger partial charge in [-0.3, -0.25) is 0 Å². The summed E-state index contributed by atoms with van der Waals surface area (Å²) in [5.41, 5.74) is 11.8. The molecule has 0 aromatic heterocycles. The number of anilines is 2. The van der Waals surface area contributed by atoms with Crippen LogP contribution >= 0.6 is 0 Å². The number of nitrogens with one attached hydrogen (secondary N) is 1. The van der Waals surface area contributed by atoms with Crippen molar-refractivity contribution in [2.75, 3.05) is 38.4 Å². The molecule has 0 aliphatic heterocycles. The number of benzene rings is 1. The van der Waals surface area contributed by atoms with Crippen LogP contribution < -0.4 is 26.3 Å². The topological polar surface area (TPSA) is 109 Å². The predicted octanol–water partition coefficient (Wildman–Crippen LogP) is 0.793. The maximum absolute atomic E-state index is 10.4. The minimum atomic E-state index is -0.808. The minimum Gasteiger partial charge on any atom is -0.493 e. The van der Waals surface area contributed by atoms with Gasteiger partial charge in [0.15, 0.2) is 11.5 Å². The van der Waals surface area contributed by atoms with Gasteiger partial charge in [0.2, 0.25) is 0 Å². The molecule has 1 aromatic carbocycles. The monoisotopic (exact) mass is 255 g/mol. The van der Waals surface area contributed by atoms with E-state index in [1.54, 1.807) is 12.1 Å². The summed E-state index contributed by atoms with van der Waals surface area (Å²) in [6.07, 6.45) is -0.808. The first-order valence-corrected chi connectivity index (χ1v) is 5.26. The van der Waals surface area contributed by atoms with Crippen molar-refractivity contribution in [3.8, 4) is 11.5 Å². The molecule has 7 nitrogen and oxygen atoms in total. The molecular weight excluding hydrogens is 238 g/mol. The van der Waals surface area contributed by atoms with Crippen molar-refractivity contribution < 1.29 is 19.0 Å². The van der Waals surface area contributed by atoms with Crippen LogP contribution in [0.15, 0.2) is 12.1 Å². The summed E-state index contributed by atoms with van der Waals surface area (Å²) in [5.74, 6) is 1.11. The molecule has 0 saturated heterocycles. The van der Waals surface area contributed by atoms with Crippen LogP contribution in [0.25, 0.3) is 0 Å². The molecule has 0 unspecified atom stereocenters. The number of carbonyl (C=O) groups excluding carboxylic acids is 1. The minimum absolute atomic E-state index is 0.156. The molecule has 0 fully saturated rings. The van der Waals surface area contributed by atoms with E-state index in [0.29, 0.717) is 29.4 Å². The lowest BCUT2D eigenvalue weighted by molar-refractivity contribution is 0.161. The Kier molecular flexibility index (Phi) is 4.91. The van der Waals surface area contributed by atoms with Crippen LogP contribution in [0.5, 0.6) is 11.5 Å². The number of carbonyl (C=O) groups is 1. The molecule has 0 saturated carbocycles. The first kappa shape index (κ1) is 13.8. The van der Waals surface area contributed by atoms with Gasteiger partial charge in [-0.25, -0.2) is 4.79 Å². The summed E-state index contributed by atoms with van der Waals surface area (Å²) in [6.45, 7) is 0.547. The zero-order valence-corrected chi connectivity index (χ0v) is 10.4. The second kappa shape index (κ2) is 6.43. The van der Waals surface area contributed by atoms with Crippen molar-refractivity contribution in [2.45, 2.75) is 0 Å². The molecule has 1 rings (SSSR count). The number of hydrogen-bond acceptors (Lipinski definition) is 6. The average molecular weight is 255 g/mol. The highest BCUT2D eigenvalue weighted by Crippen LogP contribution is 2.34. The molecular formula is C11H17N3O4. The fourth-order valence-corrected chi connectivity index (χ4v) is 1.39. The average Bonchev–Trinajstić information content (AvgIpc) is 2.35. The van der Waals surface area contributed by atoms with Gasteiger partial charge < -0.3 is 31.0 Å². The van der Waals surface area contributed by atoms with E-state index >= 15 is 0 Å². The van der Waals surface area contributed by atoms with Gasteiger partial charge in [0.25, 0.3) is 0 Å². The zero-order valence-electron chi connectivity index (χ0n) is 10.4. The fourth-order valence-electron chi connectivity index (χ4n) is 1.39. The van der Waals surface area contributed by atoms with E-state index in [-0.39, 0.29) is 6.61 Å². The van der Waals surface area contributed by atoms with E-state index in [1.165, 1.54) is 14.2 Å². The van der Waals surface area contributed by atoms with Crippen molar-refractivity contribution in [3.63, 3.8) is 0 Å². The molecule has 0 spiro atoms. The highest BCUT2D eigenvalue weighted by Gasteiger charge is 2.08. The lowest BCUT2D eigenvalue weighted by atomic mass is 10.2. The third-order valence-corrected chi connectivity index (χ3v) is 2.22. The first-order valence-electron chi connectivity index (χ1n) is 5.26. The Morgan fingerprint density at radius 3 is 2.44 bits per heavy atom. The van der Waals surface area contributed by atoms with Crippen molar-refractivity contribution in [1.82, 2.24) is 0 Å². The Bertz CT molecular complexity index is 423. The molecule has 0 bridgehead atoms. The van der Waals surface area contributed by atoms with Crippen molar-refractivity contribution in [3.05, 3.63) is 12.1 Å². The van der Waals surface area contributed by atoms with Gasteiger partial charge in [-0.2, -0.15) is 0 Å². The lowest BCUT2D eigenvalue weighted by Crippen LogP contribution is -2.18. The van der Waals surface area contributed by atoms with E-state index in [1.807, 2.05) is 0 Å². The van der Waals surface area contributed by atoms with Gasteiger partial charge in [-0.1, -0.05) is 0 Å². The van der Waals surface area contributed by atoms with Crippen LogP contribution in [0.4, 0.5) is 16.2 Å². The van der Waals surface area contributed by atoms with E-state index in [0.717, 1.165) is 0 Å². The first-order chi connectivity index (χ1) is 8.58. The number of ether oxygens (including phenoxy) is 3. The van der Waals surface area contributed by atoms with E-state index in [2.05, 4.69) is 10.1 Å². The predicted molar refractivity (Wildman–Crippen MR) is 68.0 cm³/mol. The fraction of sp³-hybridized carbons (Fsp3) is 0.364. The molecule has 1 amide bonds. The van der Waals surface area contributed by atoms with Crippen LogP contribution in [0, 0.1) is 0 Å². The van der Waals surface area contributed by atoms with E-state index in [9.17, 15) is 4.79 Å². The number of primary amides is 1. The van der Waals surface area contributed by atoms with Gasteiger partial charge >= 0.3 is 6.09 Å². The molecule has 0 radical (unpaired) electrons. The molecule has 0 atom stereocenters. The second-order valence-corrected chi connectivity index (χ2v) is 3.39. The number of hydrogen-bond donors (Lipinski definition) is 3. The summed E-state index contributed by atoms with van der Waals surface area (Å²) in [6, 6.07) is 3.36. The summed E-state index contributed by atoms with van der Waals surface area (Å²) in [5, 5.41) is 3.00. The summed E-state index contributed by atoms with van der Waals surface area (Å²) in [4.78, 5) is 10.4. The van der Waals surface area contributed by atoms with Crippen LogP contribution in [0.3, 0.4) is 0 Å². The second-order valence-electron chi connectivity index (χ2n) is 3.39. The molecule has 18 heavy (non-hydrogen) atoms. The zero-order chi connectivity index (χ0) is 13.5. The molecule has 0 heterocycles. The Morgan fingerprint density at radius 1 is 1.28 bits per heavy atom. The number of nitrogens with two attached hydrogens (primary N) is 2. The Hall–Kier alpha value is -2.31. The third-order valence-electron chi connectivity index (χ3n) is 2.22. The SMILES string of the molecule is COc1cc(N)c(NCCOC(N)=O)cc1OC. The third kappa shape index (κ3) is 3.62. The van der Waals surface area contributed by atoms with E-state index in [4.69, 9.17) is 20.9 Å². The Labute approximate surface area is 105 Å². The van der Waals surface area contributed by atoms with Crippen molar-refractivity contribution in [1.29, 1.82) is 0 Å². The maximum atomic E-state index is 10.4. The van der Waals surface area contributed by atoms with Crippen LogP contribution in [-0.4, -0.2) is 33.5 Å². The molecule has 7 heteroatoms. The Balaban J connectivity index is 2.68. The van der Waals surface area contributed by atoms with Gasteiger partial charge in [-0.15, -0.1) is 0 Å². The Morgan fingerprint density at radius 2 is 1.89 bits per heavy atom. The number of amides is 1. The smallest absolute Gasteiger partial charge is 0.404 e. The number of nitrogen functional groups attached to an aromatic ring is 1. The van der Waals surface area contributed by atoms with E-state index < -0.39 is 6.09 Å². The lowest BCUT2D eigenvalue weighted by Gasteiger charge is -2.13. The molecule has 100 valence electrons. The number of methoxy groups -OCH3 is 2. The van der Waals surface area contributed by atoms with Crippen LogP contribution in [-0.2, 0) is 4.74 Å². The summed E-state index contributed by atoms with van der Waals surface area (Å²) < 4.78 is 14.8. The molecule has 0 aliphatic rings. The summed E-state index contributed by atoms with van der Waals surface area (Å²) in [7, 11) is 3.07. The number of rotatable bonds is 6. The van der Waals surface area contributed by atoms with Gasteiger partial charge in [0.05, 0.1) is 25.6 Å². The largest absolute Gasteiger partial charge is 0.493 e. The highest BCUT2D eigenvalue weighted by atomic mass is 16.5. The highest BCUT2D eigenvalue weighted by molar-refractivity contribution is 5.72. The van der Waals surface area contributed by atoms with Crippen molar-refractivity contribution >= 4 is 17.5 Å². The maximum Gasteiger partial charge on any atom is 0.404 e. The van der Waals surface area contributed by atoms with Crippen LogP contribution in [0.1, 0.15) is 0 Å². The van der Waals surface area contributed by atoms with Crippen molar-refractivity contribution in [2.24, 2.45) is 5.73 Å². The van der Waals surface area contributed by atoms with Crippen LogP contribution in [0.2, 0.25) is 0 Å². The normalized spacial score (nSPS) is 9.67. The molecule has 0 aliphatic carbocycles. The molecule has 5 N–H and O–H groups in total. The standard InChI is InChI=1S/C11H17N3O4/c1-16-9-5-7(12)8(6-10(9)17-2)14-3-4-18-11(13)15/h5-6,14H,3-4,12H2,1-2H3,(H2,13,15). The van der Waals surface area contributed by atoms with Gasteiger partial charge in [0, 0.05) is 18.7 Å². The molecule has 1 aromatic rings. The van der Waals surface area contributed by atoms with Gasteiger partial charge in [-0.05, 0) is 0 Å².